The number of rotatable bonds is 6. The highest BCUT2D eigenvalue weighted by atomic mass is 16.5. The molecule has 2 fully saturated rings. The normalized spacial score (nSPS) is 18.5. The van der Waals surface area contributed by atoms with E-state index in [4.69, 9.17) is 4.74 Å². The molecule has 1 aliphatic carbocycles. The SMILES string of the molecule is CCOC(=O)c1c[nH]c2c(=O)[nH]c3ccc(C(=O)N(C[C@@H]4CCCN4)C4CC4)cc3c12. The molecule has 8 heteroatoms. The molecule has 3 aromatic rings. The first-order valence-electron chi connectivity index (χ1n) is 11.0. The number of hydrogen-bond acceptors (Lipinski definition) is 5. The Labute approximate surface area is 178 Å². The van der Waals surface area contributed by atoms with Crippen molar-refractivity contribution in [3.63, 3.8) is 0 Å². The van der Waals surface area contributed by atoms with E-state index < -0.39 is 5.97 Å². The second kappa shape index (κ2) is 7.85. The molecule has 0 bridgehead atoms. The van der Waals surface area contributed by atoms with Gasteiger partial charge < -0.3 is 24.9 Å². The smallest absolute Gasteiger partial charge is 0.340 e. The monoisotopic (exact) mass is 422 g/mol. The number of benzene rings is 1. The summed E-state index contributed by atoms with van der Waals surface area (Å²) in [6.45, 7) is 3.69. The van der Waals surface area contributed by atoms with Crippen LogP contribution >= 0.6 is 0 Å². The number of carbonyl (C=O) groups is 2. The second-order valence-corrected chi connectivity index (χ2v) is 8.37. The van der Waals surface area contributed by atoms with Crippen LogP contribution in [0.1, 0.15) is 53.3 Å². The highest BCUT2D eigenvalue weighted by Gasteiger charge is 2.35. The minimum atomic E-state index is -0.496. The number of H-pyrrole nitrogens is 2. The van der Waals surface area contributed by atoms with E-state index in [0.717, 1.165) is 32.2 Å². The average molecular weight is 422 g/mol. The van der Waals surface area contributed by atoms with Crippen LogP contribution in [0.25, 0.3) is 21.8 Å². The Kier molecular flexibility index (Phi) is 5.02. The van der Waals surface area contributed by atoms with E-state index in [1.807, 2.05) is 4.90 Å². The van der Waals surface area contributed by atoms with Crippen molar-refractivity contribution in [3.05, 3.63) is 45.9 Å². The molecule has 162 valence electrons. The van der Waals surface area contributed by atoms with Crippen molar-refractivity contribution < 1.29 is 14.3 Å². The zero-order chi connectivity index (χ0) is 21.5. The molecule has 1 saturated carbocycles. The topological polar surface area (TPSA) is 107 Å². The van der Waals surface area contributed by atoms with Gasteiger partial charge in [-0.1, -0.05) is 0 Å². The summed E-state index contributed by atoms with van der Waals surface area (Å²) in [5, 5.41) is 4.62. The fourth-order valence-electron chi connectivity index (χ4n) is 4.53. The Balaban J connectivity index is 1.58. The van der Waals surface area contributed by atoms with Gasteiger partial charge in [-0.2, -0.15) is 0 Å². The quantitative estimate of drug-likeness (QED) is 0.529. The van der Waals surface area contributed by atoms with Crippen molar-refractivity contribution in [2.24, 2.45) is 0 Å². The predicted octanol–water partition coefficient (Wildman–Crippen LogP) is 2.54. The van der Waals surface area contributed by atoms with Crippen LogP contribution in [0.2, 0.25) is 0 Å². The molecule has 3 heterocycles. The summed E-state index contributed by atoms with van der Waals surface area (Å²) < 4.78 is 5.16. The van der Waals surface area contributed by atoms with E-state index in [0.29, 0.717) is 51.6 Å². The summed E-state index contributed by atoms with van der Waals surface area (Å²) in [7, 11) is 0. The molecule has 0 radical (unpaired) electrons. The zero-order valence-corrected chi connectivity index (χ0v) is 17.5. The predicted molar refractivity (Wildman–Crippen MR) is 117 cm³/mol. The molecular formula is C23H26N4O4. The number of nitrogens with one attached hydrogen (secondary N) is 3. The van der Waals surface area contributed by atoms with Crippen LogP contribution in [0.4, 0.5) is 0 Å². The Morgan fingerprint density at radius 2 is 2.06 bits per heavy atom. The van der Waals surface area contributed by atoms with Gasteiger partial charge >= 0.3 is 5.97 Å². The number of hydrogen-bond donors (Lipinski definition) is 3. The molecule has 3 N–H and O–H groups in total. The van der Waals surface area contributed by atoms with E-state index >= 15 is 0 Å². The van der Waals surface area contributed by atoms with E-state index in [2.05, 4.69) is 15.3 Å². The zero-order valence-electron chi connectivity index (χ0n) is 17.5. The average Bonchev–Trinajstić information content (AvgIpc) is 3.28. The van der Waals surface area contributed by atoms with Crippen LogP contribution in [-0.2, 0) is 4.74 Å². The van der Waals surface area contributed by atoms with Crippen molar-refractivity contribution in [1.29, 1.82) is 0 Å². The van der Waals surface area contributed by atoms with Gasteiger partial charge in [-0.15, -0.1) is 0 Å². The minimum absolute atomic E-state index is 0.00864. The summed E-state index contributed by atoms with van der Waals surface area (Å²) in [5.41, 5.74) is 1.42. The number of ether oxygens (including phenoxy) is 1. The van der Waals surface area contributed by atoms with Gasteiger partial charge in [0.25, 0.3) is 11.5 Å². The summed E-state index contributed by atoms with van der Waals surface area (Å²) in [6, 6.07) is 5.91. The van der Waals surface area contributed by atoms with Crippen LogP contribution in [0.15, 0.2) is 29.2 Å². The molecule has 1 aliphatic heterocycles. The summed E-state index contributed by atoms with van der Waals surface area (Å²) in [4.78, 5) is 46.1. The molecular weight excluding hydrogens is 396 g/mol. The van der Waals surface area contributed by atoms with Crippen molar-refractivity contribution >= 4 is 33.7 Å². The van der Waals surface area contributed by atoms with Crippen molar-refractivity contribution in [3.8, 4) is 0 Å². The van der Waals surface area contributed by atoms with E-state index in [1.165, 1.54) is 6.20 Å². The molecule has 8 nitrogen and oxygen atoms in total. The largest absolute Gasteiger partial charge is 0.462 e. The lowest BCUT2D eigenvalue weighted by molar-refractivity contribution is 0.0528. The summed E-state index contributed by atoms with van der Waals surface area (Å²) >= 11 is 0. The van der Waals surface area contributed by atoms with Crippen molar-refractivity contribution in [2.75, 3.05) is 19.7 Å². The maximum atomic E-state index is 13.4. The van der Waals surface area contributed by atoms with Gasteiger partial charge in [-0.3, -0.25) is 9.59 Å². The molecule has 1 atom stereocenters. The van der Waals surface area contributed by atoms with Gasteiger partial charge in [0, 0.05) is 46.7 Å². The molecule has 0 unspecified atom stereocenters. The molecule has 31 heavy (non-hydrogen) atoms. The highest BCUT2D eigenvalue weighted by Crippen LogP contribution is 2.31. The standard InChI is InChI=1S/C23H26N4O4/c1-2-31-23(30)17-11-25-20-19(17)16-10-13(5-8-18(16)26-21(20)28)22(29)27(15-6-7-15)12-14-4-3-9-24-14/h5,8,10-11,14-15,24-25H,2-4,6-7,9,12H2,1H3,(H,26,28)/t14-/m0/s1. The number of aromatic nitrogens is 2. The lowest BCUT2D eigenvalue weighted by Crippen LogP contribution is -2.42. The number of amides is 1. The third-order valence-corrected chi connectivity index (χ3v) is 6.21. The van der Waals surface area contributed by atoms with E-state index in [-0.39, 0.29) is 18.1 Å². The van der Waals surface area contributed by atoms with E-state index in [1.54, 1.807) is 25.1 Å². The first kappa shape index (κ1) is 19.8. The molecule has 2 aromatic heterocycles. The van der Waals surface area contributed by atoms with Crippen molar-refractivity contribution in [1.82, 2.24) is 20.2 Å². The maximum Gasteiger partial charge on any atom is 0.340 e. The first-order valence-corrected chi connectivity index (χ1v) is 11.0. The summed E-state index contributed by atoms with van der Waals surface area (Å²) in [6.07, 6.45) is 5.79. The minimum Gasteiger partial charge on any atom is -0.462 e. The van der Waals surface area contributed by atoms with Gasteiger partial charge in [-0.25, -0.2) is 4.79 Å². The fraction of sp³-hybridized carbons (Fsp3) is 0.435. The Morgan fingerprint density at radius 1 is 1.23 bits per heavy atom. The number of aromatic amines is 2. The molecule has 0 spiro atoms. The third-order valence-electron chi connectivity index (χ3n) is 6.21. The lowest BCUT2D eigenvalue weighted by atomic mass is 10.0. The van der Waals surface area contributed by atoms with Gasteiger partial charge in [0.1, 0.15) is 5.52 Å². The number of nitrogens with zero attached hydrogens (tertiary/aromatic N) is 1. The van der Waals surface area contributed by atoms with Crippen LogP contribution in [0, 0.1) is 0 Å². The van der Waals surface area contributed by atoms with E-state index in [9.17, 15) is 14.4 Å². The molecule has 5 rings (SSSR count). The molecule has 1 amide bonds. The fourth-order valence-corrected chi connectivity index (χ4v) is 4.53. The third kappa shape index (κ3) is 3.61. The Hall–Kier alpha value is -3.13. The van der Waals surface area contributed by atoms with Gasteiger partial charge in [0.05, 0.1) is 12.2 Å². The molecule has 1 aromatic carbocycles. The molecule has 1 saturated heterocycles. The van der Waals surface area contributed by atoms with Gasteiger partial charge in [0.2, 0.25) is 0 Å². The maximum absolute atomic E-state index is 13.4. The number of esters is 1. The van der Waals surface area contributed by atoms with Crippen LogP contribution < -0.4 is 10.9 Å². The number of pyridine rings is 1. The van der Waals surface area contributed by atoms with Crippen LogP contribution in [0.5, 0.6) is 0 Å². The van der Waals surface area contributed by atoms with Gasteiger partial charge in [0.15, 0.2) is 0 Å². The highest BCUT2D eigenvalue weighted by molar-refractivity contribution is 6.16. The second-order valence-electron chi connectivity index (χ2n) is 8.37. The van der Waals surface area contributed by atoms with Crippen molar-refractivity contribution in [2.45, 2.75) is 44.7 Å². The number of carbonyl (C=O) groups excluding carboxylic acids is 2. The van der Waals surface area contributed by atoms with Crippen LogP contribution in [0.3, 0.4) is 0 Å². The van der Waals surface area contributed by atoms with Gasteiger partial charge in [-0.05, 0) is 57.4 Å². The first-order chi connectivity index (χ1) is 15.1. The van der Waals surface area contributed by atoms with Crippen LogP contribution in [-0.4, -0.2) is 58.5 Å². The Bertz CT molecular complexity index is 1220. The summed E-state index contributed by atoms with van der Waals surface area (Å²) in [5.74, 6) is -0.505. The molecule has 2 aliphatic rings. The number of fused-ring (bicyclic) bond motifs is 3. The lowest BCUT2D eigenvalue weighted by Gasteiger charge is -2.26. The Morgan fingerprint density at radius 3 is 2.77 bits per heavy atom.